The van der Waals surface area contributed by atoms with Gasteiger partial charge in [-0.25, -0.2) is 0 Å². The zero-order chi connectivity index (χ0) is 14.5. The molecule has 0 aromatic carbocycles. The lowest BCUT2D eigenvalue weighted by atomic mass is 10.1. The number of rotatable bonds is 7. The minimum Gasteiger partial charge on any atom is -0.481 e. The summed E-state index contributed by atoms with van der Waals surface area (Å²) in [7, 11) is 0. The second kappa shape index (κ2) is 6.91. The molecule has 19 heavy (non-hydrogen) atoms. The van der Waals surface area contributed by atoms with Crippen molar-refractivity contribution in [1.82, 2.24) is 5.32 Å². The van der Waals surface area contributed by atoms with Gasteiger partial charge in [0.1, 0.15) is 0 Å². The van der Waals surface area contributed by atoms with Gasteiger partial charge in [-0.1, -0.05) is 19.4 Å². The summed E-state index contributed by atoms with van der Waals surface area (Å²) < 4.78 is 37.6. The monoisotopic (exact) mass is 295 g/mol. The van der Waals surface area contributed by atoms with E-state index in [1.54, 1.807) is 0 Å². The van der Waals surface area contributed by atoms with E-state index in [2.05, 4.69) is 5.32 Å². The molecule has 0 spiro atoms. The molecule has 2 N–H and O–H groups in total. The summed E-state index contributed by atoms with van der Waals surface area (Å²) in [5.41, 5.74) is 0. The van der Waals surface area contributed by atoms with Crippen LogP contribution in [-0.2, 0) is 4.79 Å². The lowest BCUT2D eigenvalue weighted by Crippen LogP contribution is -2.40. The zero-order valence-corrected chi connectivity index (χ0v) is 11.2. The molecule has 1 rings (SSSR count). The third-order valence-corrected chi connectivity index (χ3v) is 3.71. The smallest absolute Gasteiger partial charge is 0.403 e. The molecule has 0 aliphatic heterocycles. The fourth-order valence-corrected chi connectivity index (χ4v) is 2.56. The largest absolute Gasteiger partial charge is 0.481 e. The summed E-state index contributed by atoms with van der Waals surface area (Å²) in [4.78, 5) is 11.6. The maximum atomic E-state index is 12.5. The van der Waals surface area contributed by atoms with Crippen molar-refractivity contribution in [1.29, 1.82) is 0 Å². The molecule has 2 unspecified atom stereocenters. The fraction of sp³-hybridized carbons (Fsp3) is 0.583. The van der Waals surface area contributed by atoms with Gasteiger partial charge in [0.25, 0.3) is 0 Å². The Hall–Kier alpha value is -1.08. The molecule has 0 amide bonds. The van der Waals surface area contributed by atoms with Gasteiger partial charge in [-0.2, -0.15) is 13.2 Å². The van der Waals surface area contributed by atoms with Gasteiger partial charge in [0, 0.05) is 17.5 Å². The van der Waals surface area contributed by atoms with E-state index in [-0.39, 0.29) is 6.04 Å². The number of carboxylic acid groups (broad SMARTS) is 1. The van der Waals surface area contributed by atoms with E-state index >= 15 is 0 Å². The Morgan fingerprint density at radius 2 is 2.21 bits per heavy atom. The van der Waals surface area contributed by atoms with Crippen LogP contribution in [-0.4, -0.2) is 23.8 Å². The Morgan fingerprint density at radius 3 is 2.63 bits per heavy atom. The van der Waals surface area contributed by atoms with E-state index in [1.165, 1.54) is 11.3 Å². The average Bonchev–Trinajstić information content (AvgIpc) is 2.78. The highest BCUT2D eigenvalue weighted by molar-refractivity contribution is 7.10. The first kappa shape index (κ1) is 16.0. The van der Waals surface area contributed by atoms with Gasteiger partial charge >= 0.3 is 12.1 Å². The maximum Gasteiger partial charge on any atom is 0.403 e. The molecule has 1 aromatic heterocycles. The zero-order valence-electron chi connectivity index (χ0n) is 10.4. The molecule has 0 fully saturated rings. The van der Waals surface area contributed by atoms with Crippen LogP contribution in [0.5, 0.6) is 0 Å². The quantitative estimate of drug-likeness (QED) is 0.810. The van der Waals surface area contributed by atoms with Gasteiger partial charge in [-0.05, 0) is 17.9 Å². The molecule has 3 nitrogen and oxygen atoms in total. The molecule has 1 aromatic rings. The highest BCUT2D eigenvalue weighted by atomic mass is 32.1. The number of nitrogens with one attached hydrogen (secondary N) is 1. The molecule has 0 bridgehead atoms. The molecule has 1 heterocycles. The van der Waals surface area contributed by atoms with Crippen molar-refractivity contribution < 1.29 is 23.1 Å². The third kappa shape index (κ3) is 4.83. The number of halogens is 3. The van der Waals surface area contributed by atoms with Crippen LogP contribution in [0.3, 0.4) is 0 Å². The first-order valence-corrected chi connectivity index (χ1v) is 6.80. The Labute approximate surface area is 113 Å². The second-order valence-corrected chi connectivity index (χ2v) is 5.18. The summed E-state index contributed by atoms with van der Waals surface area (Å²) >= 11 is 1.45. The van der Waals surface area contributed by atoms with Gasteiger partial charge in [-0.15, -0.1) is 11.3 Å². The second-order valence-electron chi connectivity index (χ2n) is 4.20. The van der Waals surface area contributed by atoms with Crippen LogP contribution in [0.2, 0.25) is 0 Å². The molecular weight excluding hydrogens is 279 g/mol. The van der Waals surface area contributed by atoms with Gasteiger partial charge in [0.15, 0.2) is 5.92 Å². The molecule has 0 aliphatic rings. The first-order chi connectivity index (χ1) is 8.86. The topological polar surface area (TPSA) is 49.3 Å². The molecule has 0 saturated carbocycles. The Bertz CT molecular complexity index is 392. The number of hydrogen-bond donors (Lipinski definition) is 2. The number of carboxylic acids is 1. The Balaban J connectivity index is 2.67. The summed E-state index contributed by atoms with van der Waals surface area (Å²) in [6, 6.07) is 3.43. The van der Waals surface area contributed by atoms with Crippen molar-refractivity contribution in [2.24, 2.45) is 5.92 Å². The minimum atomic E-state index is -4.73. The standard InChI is InChI=1S/C12H16F3NO2S/c1-2-4-9(10-5-3-6-19-10)16-7-8(11(17)18)12(13,14)15/h3,5-6,8-9,16H,2,4,7H2,1H3,(H,17,18). The van der Waals surface area contributed by atoms with Crippen LogP contribution in [0.1, 0.15) is 30.7 Å². The SMILES string of the molecule is CCCC(NCC(C(=O)O)C(F)(F)F)c1cccs1. The molecule has 0 aliphatic carbocycles. The number of carbonyl (C=O) groups is 1. The number of alkyl halides is 3. The Kier molecular flexibility index (Phi) is 5.81. The van der Waals surface area contributed by atoms with Crippen molar-refractivity contribution in [3.63, 3.8) is 0 Å². The van der Waals surface area contributed by atoms with Crippen molar-refractivity contribution in [3.8, 4) is 0 Å². The molecule has 0 radical (unpaired) electrons. The van der Waals surface area contributed by atoms with Crippen molar-refractivity contribution in [2.45, 2.75) is 32.0 Å². The van der Waals surface area contributed by atoms with Crippen LogP contribution >= 0.6 is 11.3 Å². The molecular formula is C12H16F3NO2S. The number of aliphatic carboxylic acids is 1. The lowest BCUT2D eigenvalue weighted by molar-refractivity contribution is -0.192. The summed E-state index contributed by atoms with van der Waals surface area (Å²) in [5, 5.41) is 13.2. The highest BCUT2D eigenvalue weighted by Gasteiger charge is 2.45. The normalized spacial score (nSPS) is 15.2. The predicted octanol–water partition coefficient (Wildman–Crippen LogP) is 3.44. The molecule has 0 saturated heterocycles. The molecule has 7 heteroatoms. The molecule has 2 atom stereocenters. The average molecular weight is 295 g/mol. The Morgan fingerprint density at radius 1 is 1.53 bits per heavy atom. The first-order valence-electron chi connectivity index (χ1n) is 5.92. The van der Waals surface area contributed by atoms with Crippen LogP contribution < -0.4 is 5.32 Å². The van der Waals surface area contributed by atoms with Crippen LogP contribution in [0.15, 0.2) is 17.5 Å². The van der Waals surface area contributed by atoms with E-state index in [1.807, 2.05) is 24.4 Å². The van der Waals surface area contributed by atoms with Crippen molar-refractivity contribution >= 4 is 17.3 Å². The highest BCUT2D eigenvalue weighted by Crippen LogP contribution is 2.28. The van der Waals surface area contributed by atoms with Crippen LogP contribution in [0.25, 0.3) is 0 Å². The number of thiophene rings is 1. The van der Waals surface area contributed by atoms with Gasteiger partial charge in [0.05, 0.1) is 0 Å². The van der Waals surface area contributed by atoms with Gasteiger partial charge in [0.2, 0.25) is 0 Å². The van der Waals surface area contributed by atoms with E-state index in [4.69, 9.17) is 5.11 Å². The number of hydrogen-bond acceptors (Lipinski definition) is 3. The third-order valence-electron chi connectivity index (χ3n) is 2.73. The van der Waals surface area contributed by atoms with Gasteiger partial charge in [-0.3, -0.25) is 4.79 Å². The van der Waals surface area contributed by atoms with Gasteiger partial charge < -0.3 is 10.4 Å². The van der Waals surface area contributed by atoms with Crippen molar-refractivity contribution in [3.05, 3.63) is 22.4 Å². The van der Waals surface area contributed by atoms with Crippen LogP contribution in [0.4, 0.5) is 13.2 Å². The van der Waals surface area contributed by atoms with E-state index in [0.29, 0.717) is 6.42 Å². The molecule has 108 valence electrons. The van der Waals surface area contributed by atoms with E-state index < -0.39 is 24.6 Å². The van der Waals surface area contributed by atoms with E-state index in [9.17, 15) is 18.0 Å². The maximum absolute atomic E-state index is 12.5. The van der Waals surface area contributed by atoms with Crippen LogP contribution in [0, 0.1) is 5.92 Å². The fourth-order valence-electron chi connectivity index (χ4n) is 1.73. The van der Waals surface area contributed by atoms with E-state index in [0.717, 1.165) is 11.3 Å². The summed E-state index contributed by atoms with van der Waals surface area (Å²) in [5.74, 6) is -4.21. The summed E-state index contributed by atoms with van der Waals surface area (Å²) in [6.07, 6.45) is -3.25. The summed E-state index contributed by atoms with van der Waals surface area (Å²) in [6.45, 7) is 1.32. The minimum absolute atomic E-state index is 0.228. The predicted molar refractivity (Wildman–Crippen MR) is 67.2 cm³/mol. The van der Waals surface area contributed by atoms with Crippen molar-refractivity contribution in [2.75, 3.05) is 6.54 Å². The lowest BCUT2D eigenvalue weighted by Gasteiger charge is -2.21.